The SMILES string of the molecule is CCN(C(=O)Cc1ccc(C)cc1)c1ccc(C)nc1. The number of pyridine rings is 1. The third kappa shape index (κ3) is 3.44. The molecule has 0 bridgehead atoms. The highest BCUT2D eigenvalue weighted by Gasteiger charge is 2.14. The van der Waals surface area contributed by atoms with Crippen LogP contribution in [0.15, 0.2) is 42.6 Å². The van der Waals surface area contributed by atoms with Crippen LogP contribution in [0.2, 0.25) is 0 Å². The van der Waals surface area contributed by atoms with Gasteiger partial charge in [0.25, 0.3) is 0 Å². The van der Waals surface area contributed by atoms with Crippen LogP contribution < -0.4 is 4.90 Å². The van der Waals surface area contributed by atoms with Crippen molar-refractivity contribution in [2.24, 2.45) is 0 Å². The Labute approximate surface area is 120 Å². The number of benzene rings is 1. The molecule has 2 rings (SSSR count). The second kappa shape index (κ2) is 6.33. The monoisotopic (exact) mass is 268 g/mol. The Balaban J connectivity index is 2.13. The molecule has 1 amide bonds. The lowest BCUT2D eigenvalue weighted by atomic mass is 10.1. The average Bonchev–Trinajstić information content (AvgIpc) is 2.44. The molecule has 3 nitrogen and oxygen atoms in total. The molecule has 0 fully saturated rings. The fourth-order valence-corrected chi connectivity index (χ4v) is 2.10. The Hall–Kier alpha value is -2.16. The number of aromatic nitrogens is 1. The summed E-state index contributed by atoms with van der Waals surface area (Å²) in [7, 11) is 0. The van der Waals surface area contributed by atoms with Crippen molar-refractivity contribution in [2.45, 2.75) is 27.2 Å². The van der Waals surface area contributed by atoms with Gasteiger partial charge in [0.2, 0.25) is 5.91 Å². The molecule has 1 heterocycles. The van der Waals surface area contributed by atoms with Crippen molar-refractivity contribution in [1.29, 1.82) is 0 Å². The first-order valence-electron chi connectivity index (χ1n) is 6.88. The van der Waals surface area contributed by atoms with E-state index in [9.17, 15) is 4.79 Å². The molecular formula is C17H20N2O. The molecule has 0 saturated heterocycles. The van der Waals surface area contributed by atoms with Crippen molar-refractivity contribution < 1.29 is 4.79 Å². The van der Waals surface area contributed by atoms with Crippen molar-refractivity contribution in [2.75, 3.05) is 11.4 Å². The normalized spacial score (nSPS) is 10.3. The van der Waals surface area contributed by atoms with Gasteiger partial charge in [0, 0.05) is 12.2 Å². The van der Waals surface area contributed by atoms with Gasteiger partial charge in [-0.3, -0.25) is 9.78 Å². The van der Waals surface area contributed by atoms with E-state index in [-0.39, 0.29) is 5.91 Å². The van der Waals surface area contributed by atoms with Crippen LogP contribution in [0.3, 0.4) is 0 Å². The van der Waals surface area contributed by atoms with Gasteiger partial charge in [-0.2, -0.15) is 0 Å². The Morgan fingerprint density at radius 1 is 1.10 bits per heavy atom. The van der Waals surface area contributed by atoms with Gasteiger partial charge in [0.15, 0.2) is 0 Å². The maximum Gasteiger partial charge on any atom is 0.231 e. The zero-order chi connectivity index (χ0) is 14.5. The summed E-state index contributed by atoms with van der Waals surface area (Å²) in [5.41, 5.74) is 4.06. The highest BCUT2D eigenvalue weighted by molar-refractivity contribution is 5.94. The number of carbonyl (C=O) groups is 1. The number of hydrogen-bond donors (Lipinski definition) is 0. The third-order valence-corrected chi connectivity index (χ3v) is 3.30. The van der Waals surface area contributed by atoms with E-state index in [1.54, 1.807) is 11.1 Å². The van der Waals surface area contributed by atoms with Crippen molar-refractivity contribution in [3.05, 3.63) is 59.4 Å². The summed E-state index contributed by atoms with van der Waals surface area (Å²) in [5, 5.41) is 0. The number of nitrogens with zero attached hydrogens (tertiary/aromatic N) is 2. The predicted octanol–water partition coefficient (Wildman–Crippen LogP) is 3.29. The summed E-state index contributed by atoms with van der Waals surface area (Å²) >= 11 is 0. The fourth-order valence-electron chi connectivity index (χ4n) is 2.10. The summed E-state index contributed by atoms with van der Waals surface area (Å²) in [6, 6.07) is 12.0. The second-order valence-corrected chi connectivity index (χ2v) is 4.96. The van der Waals surface area contributed by atoms with Gasteiger partial charge < -0.3 is 4.90 Å². The molecule has 0 aliphatic heterocycles. The Morgan fingerprint density at radius 3 is 2.35 bits per heavy atom. The lowest BCUT2D eigenvalue weighted by Crippen LogP contribution is -2.32. The Kier molecular flexibility index (Phi) is 4.51. The van der Waals surface area contributed by atoms with Gasteiger partial charge >= 0.3 is 0 Å². The summed E-state index contributed by atoms with van der Waals surface area (Å²) < 4.78 is 0. The molecule has 1 aromatic carbocycles. The summed E-state index contributed by atoms with van der Waals surface area (Å²) in [6.07, 6.45) is 2.17. The quantitative estimate of drug-likeness (QED) is 0.852. The number of likely N-dealkylation sites (N-methyl/N-ethyl adjacent to an activating group) is 1. The lowest BCUT2D eigenvalue weighted by Gasteiger charge is -2.21. The Morgan fingerprint density at radius 2 is 1.80 bits per heavy atom. The van der Waals surface area contributed by atoms with E-state index < -0.39 is 0 Å². The first kappa shape index (κ1) is 14.3. The second-order valence-electron chi connectivity index (χ2n) is 4.96. The van der Waals surface area contributed by atoms with E-state index in [0.717, 1.165) is 16.9 Å². The van der Waals surface area contributed by atoms with Crippen LogP contribution in [0.4, 0.5) is 5.69 Å². The maximum atomic E-state index is 12.4. The lowest BCUT2D eigenvalue weighted by molar-refractivity contribution is -0.117. The molecule has 0 aliphatic rings. The van der Waals surface area contributed by atoms with Gasteiger partial charge in [0.05, 0.1) is 18.3 Å². The van der Waals surface area contributed by atoms with Crippen LogP contribution in [0.5, 0.6) is 0 Å². The number of aryl methyl sites for hydroxylation is 2. The summed E-state index contributed by atoms with van der Waals surface area (Å²) in [5.74, 6) is 0.0991. The molecule has 0 saturated carbocycles. The minimum absolute atomic E-state index is 0.0991. The van der Waals surface area contributed by atoms with Gasteiger partial charge in [-0.1, -0.05) is 29.8 Å². The highest BCUT2D eigenvalue weighted by Crippen LogP contribution is 2.15. The fraction of sp³-hybridized carbons (Fsp3) is 0.294. The van der Waals surface area contributed by atoms with Gasteiger partial charge in [0.1, 0.15) is 0 Å². The van der Waals surface area contributed by atoms with Gasteiger partial charge in [-0.25, -0.2) is 0 Å². The predicted molar refractivity (Wildman–Crippen MR) is 81.9 cm³/mol. The minimum Gasteiger partial charge on any atom is -0.311 e. The number of amides is 1. The van der Waals surface area contributed by atoms with Crippen LogP contribution in [0.25, 0.3) is 0 Å². The first-order valence-corrected chi connectivity index (χ1v) is 6.88. The van der Waals surface area contributed by atoms with E-state index in [1.807, 2.05) is 57.2 Å². The van der Waals surface area contributed by atoms with Gasteiger partial charge in [-0.05, 0) is 38.5 Å². The van der Waals surface area contributed by atoms with Crippen LogP contribution in [-0.4, -0.2) is 17.4 Å². The molecule has 0 unspecified atom stereocenters. The maximum absolute atomic E-state index is 12.4. The van der Waals surface area contributed by atoms with Crippen LogP contribution >= 0.6 is 0 Å². The largest absolute Gasteiger partial charge is 0.311 e. The number of carbonyl (C=O) groups excluding carboxylic acids is 1. The number of hydrogen-bond acceptors (Lipinski definition) is 2. The average molecular weight is 268 g/mol. The molecule has 104 valence electrons. The molecular weight excluding hydrogens is 248 g/mol. The molecule has 0 atom stereocenters. The summed E-state index contributed by atoms with van der Waals surface area (Å²) in [6.45, 7) is 6.61. The van der Waals surface area contributed by atoms with Crippen molar-refractivity contribution in [3.63, 3.8) is 0 Å². The van der Waals surface area contributed by atoms with Crippen molar-refractivity contribution in [1.82, 2.24) is 4.98 Å². The Bertz CT molecular complexity index is 573. The van der Waals surface area contributed by atoms with Crippen molar-refractivity contribution >= 4 is 11.6 Å². The van der Waals surface area contributed by atoms with E-state index >= 15 is 0 Å². The topological polar surface area (TPSA) is 33.2 Å². The van der Waals surface area contributed by atoms with Crippen LogP contribution in [0.1, 0.15) is 23.7 Å². The van der Waals surface area contributed by atoms with Gasteiger partial charge in [-0.15, -0.1) is 0 Å². The zero-order valence-corrected chi connectivity index (χ0v) is 12.3. The van der Waals surface area contributed by atoms with Crippen LogP contribution in [-0.2, 0) is 11.2 Å². The molecule has 1 aromatic heterocycles. The molecule has 20 heavy (non-hydrogen) atoms. The first-order chi connectivity index (χ1) is 9.60. The minimum atomic E-state index is 0.0991. The standard InChI is InChI=1S/C17H20N2O/c1-4-19(16-10-7-14(3)18-12-16)17(20)11-15-8-5-13(2)6-9-15/h5-10,12H,4,11H2,1-3H3. The third-order valence-electron chi connectivity index (χ3n) is 3.30. The smallest absolute Gasteiger partial charge is 0.231 e. The zero-order valence-electron chi connectivity index (χ0n) is 12.3. The molecule has 0 aliphatic carbocycles. The number of rotatable bonds is 4. The molecule has 0 radical (unpaired) electrons. The number of anilines is 1. The molecule has 3 heteroatoms. The van der Waals surface area contributed by atoms with E-state index in [2.05, 4.69) is 4.98 Å². The van der Waals surface area contributed by atoms with Crippen LogP contribution in [0, 0.1) is 13.8 Å². The summed E-state index contributed by atoms with van der Waals surface area (Å²) in [4.78, 5) is 18.4. The highest BCUT2D eigenvalue weighted by atomic mass is 16.2. The van der Waals surface area contributed by atoms with E-state index in [1.165, 1.54) is 5.56 Å². The molecule has 0 N–H and O–H groups in total. The van der Waals surface area contributed by atoms with E-state index in [4.69, 9.17) is 0 Å². The van der Waals surface area contributed by atoms with E-state index in [0.29, 0.717) is 13.0 Å². The molecule has 2 aromatic rings. The van der Waals surface area contributed by atoms with Crippen molar-refractivity contribution in [3.8, 4) is 0 Å². The molecule has 0 spiro atoms.